The van der Waals surface area contributed by atoms with Crippen LogP contribution < -0.4 is 5.32 Å². The number of nitrogens with zero attached hydrogens (tertiary/aromatic N) is 3. The molecular formula is C12H17N5. The molecule has 5 nitrogen and oxygen atoms in total. The molecule has 0 radical (unpaired) electrons. The average molecular weight is 231 g/mol. The lowest BCUT2D eigenvalue weighted by molar-refractivity contribution is 0.812. The van der Waals surface area contributed by atoms with Gasteiger partial charge in [-0.1, -0.05) is 6.92 Å². The molecule has 0 fully saturated rings. The number of aryl methyl sites for hydroxylation is 2. The summed E-state index contributed by atoms with van der Waals surface area (Å²) in [7, 11) is 0. The molecule has 90 valence electrons. The smallest absolute Gasteiger partial charge is 0.129 e. The number of rotatable bonds is 6. The first-order valence-corrected chi connectivity index (χ1v) is 5.91. The molecular weight excluding hydrogens is 214 g/mol. The Hall–Kier alpha value is -1.91. The molecule has 0 saturated heterocycles. The molecule has 0 aliphatic heterocycles. The van der Waals surface area contributed by atoms with Crippen LogP contribution in [0.4, 0.5) is 5.82 Å². The molecule has 5 heteroatoms. The number of hydrogen-bond acceptors (Lipinski definition) is 4. The van der Waals surface area contributed by atoms with Gasteiger partial charge in [-0.05, 0) is 12.8 Å². The highest BCUT2D eigenvalue weighted by atomic mass is 15.0. The first-order valence-electron chi connectivity index (χ1n) is 5.91. The van der Waals surface area contributed by atoms with Crippen molar-refractivity contribution >= 4 is 5.82 Å². The first kappa shape index (κ1) is 11.6. The Labute approximate surface area is 101 Å². The predicted molar refractivity (Wildman–Crippen MR) is 66.8 cm³/mol. The Morgan fingerprint density at radius 2 is 2.24 bits per heavy atom. The average Bonchev–Trinajstić information content (AvgIpc) is 2.88. The van der Waals surface area contributed by atoms with Gasteiger partial charge in [0.05, 0.1) is 0 Å². The number of anilines is 1. The highest BCUT2D eigenvalue weighted by Gasteiger charge is 1.97. The van der Waals surface area contributed by atoms with Crippen molar-refractivity contribution in [3.8, 4) is 0 Å². The van der Waals surface area contributed by atoms with Crippen molar-refractivity contribution in [2.45, 2.75) is 26.2 Å². The van der Waals surface area contributed by atoms with E-state index in [4.69, 9.17) is 0 Å². The van der Waals surface area contributed by atoms with E-state index in [0.717, 1.165) is 43.1 Å². The molecule has 2 heterocycles. The molecule has 0 aliphatic carbocycles. The zero-order valence-corrected chi connectivity index (χ0v) is 9.98. The summed E-state index contributed by atoms with van der Waals surface area (Å²) in [5, 5.41) is 3.29. The summed E-state index contributed by atoms with van der Waals surface area (Å²) in [5.41, 5.74) is 1.06. The minimum absolute atomic E-state index is 0.890. The largest absolute Gasteiger partial charge is 0.370 e. The Bertz CT molecular complexity index is 438. The number of nitrogens with one attached hydrogen (secondary N) is 2. The van der Waals surface area contributed by atoms with Crippen LogP contribution in [-0.4, -0.2) is 26.5 Å². The lowest BCUT2D eigenvalue weighted by Gasteiger charge is -2.05. The molecule has 0 atom stereocenters. The quantitative estimate of drug-likeness (QED) is 0.744. The highest BCUT2D eigenvalue weighted by molar-refractivity contribution is 5.34. The Morgan fingerprint density at radius 1 is 1.29 bits per heavy atom. The van der Waals surface area contributed by atoms with E-state index in [1.807, 2.05) is 12.3 Å². The van der Waals surface area contributed by atoms with Crippen molar-refractivity contribution in [2.24, 2.45) is 0 Å². The van der Waals surface area contributed by atoms with Crippen LogP contribution in [0.2, 0.25) is 0 Å². The maximum atomic E-state index is 4.18. The molecule has 0 saturated carbocycles. The normalized spacial score (nSPS) is 10.4. The van der Waals surface area contributed by atoms with Crippen LogP contribution in [0.3, 0.4) is 0 Å². The Morgan fingerprint density at radius 3 is 3.00 bits per heavy atom. The van der Waals surface area contributed by atoms with E-state index < -0.39 is 0 Å². The van der Waals surface area contributed by atoms with Crippen LogP contribution >= 0.6 is 0 Å². The van der Waals surface area contributed by atoms with E-state index in [-0.39, 0.29) is 0 Å². The maximum absolute atomic E-state index is 4.18. The molecule has 2 aromatic heterocycles. The van der Waals surface area contributed by atoms with Crippen molar-refractivity contribution in [1.29, 1.82) is 0 Å². The van der Waals surface area contributed by atoms with Crippen molar-refractivity contribution in [3.05, 3.63) is 36.3 Å². The van der Waals surface area contributed by atoms with Gasteiger partial charge >= 0.3 is 0 Å². The van der Waals surface area contributed by atoms with Crippen molar-refractivity contribution < 1.29 is 0 Å². The van der Waals surface area contributed by atoms with Crippen LogP contribution in [-0.2, 0) is 12.8 Å². The highest BCUT2D eigenvalue weighted by Crippen LogP contribution is 2.04. The van der Waals surface area contributed by atoms with Gasteiger partial charge in [-0.2, -0.15) is 0 Å². The molecule has 0 spiro atoms. The second kappa shape index (κ2) is 5.98. The predicted octanol–water partition coefficient (Wildman–Crippen LogP) is 1.81. The SMILES string of the molecule is CCc1cc(NCCCc2ncc[nH]2)ncn1. The molecule has 0 aliphatic rings. The monoisotopic (exact) mass is 231 g/mol. The molecule has 0 unspecified atom stereocenters. The van der Waals surface area contributed by atoms with Gasteiger partial charge in [0.1, 0.15) is 18.0 Å². The fourth-order valence-corrected chi connectivity index (χ4v) is 1.59. The second-order valence-corrected chi connectivity index (χ2v) is 3.81. The summed E-state index contributed by atoms with van der Waals surface area (Å²) in [4.78, 5) is 15.6. The molecule has 2 aromatic rings. The van der Waals surface area contributed by atoms with Gasteiger partial charge in [-0.25, -0.2) is 15.0 Å². The van der Waals surface area contributed by atoms with Gasteiger partial charge in [-0.3, -0.25) is 0 Å². The van der Waals surface area contributed by atoms with Crippen molar-refractivity contribution in [1.82, 2.24) is 19.9 Å². The van der Waals surface area contributed by atoms with Gasteiger partial charge in [0.25, 0.3) is 0 Å². The number of aromatic nitrogens is 4. The second-order valence-electron chi connectivity index (χ2n) is 3.81. The van der Waals surface area contributed by atoms with E-state index in [0.29, 0.717) is 0 Å². The molecule has 0 bridgehead atoms. The standard InChI is InChI=1S/C12H17N5/c1-2-10-8-12(17-9-16-10)13-5-3-4-11-14-6-7-15-11/h6-9H,2-5H2,1H3,(H,14,15)(H,13,16,17). The maximum Gasteiger partial charge on any atom is 0.129 e. The van der Waals surface area contributed by atoms with E-state index in [1.54, 1.807) is 12.5 Å². The third kappa shape index (κ3) is 3.55. The molecule has 2 N–H and O–H groups in total. The molecule has 0 aromatic carbocycles. The van der Waals surface area contributed by atoms with Crippen molar-refractivity contribution in [3.63, 3.8) is 0 Å². The van der Waals surface area contributed by atoms with Gasteiger partial charge in [-0.15, -0.1) is 0 Å². The van der Waals surface area contributed by atoms with Crippen LogP contribution in [0.5, 0.6) is 0 Å². The Kier molecular flexibility index (Phi) is 4.07. The lowest BCUT2D eigenvalue weighted by Crippen LogP contribution is -2.06. The van der Waals surface area contributed by atoms with E-state index in [9.17, 15) is 0 Å². The number of H-pyrrole nitrogens is 1. The minimum atomic E-state index is 0.890. The van der Waals surface area contributed by atoms with Crippen LogP contribution in [0, 0.1) is 0 Å². The minimum Gasteiger partial charge on any atom is -0.370 e. The Balaban J connectivity index is 1.74. The van der Waals surface area contributed by atoms with Gasteiger partial charge in [0.15, 0.2) is 0 Å². The molecule has 0 amide bonds. The number of hydrogen-bond donors (Lipinski definition) is 2. The summed E-state index contributed by atoms with van der Waals surface area (Å²) in [6, 6.07) is 1.99. The fourth-order valence-electron chi connectivity index (χ4n) is 1.59. The van der Waals surface area contributed by atoms with Gasteiger partial charge in [0, 0.05) is 37.1 Å². The number of aromatic amines is 1. The summed E-state index contributed by atoms with van der Waals surface area (Å²) in [6.45, 7) is 2.98. The third-order valence-electron chi connectivity index (χ3n) is 2.54. The van der Waals surface area contributed by atoms with Gasteiger partial charge in [0.2, 0.25) is 0 Å². The van der Waals surface area contributed by atoms with Crippen molar-refractivity contribution in [2.75, 3.05) is 11.9 Å². The van der Waals surface area contributed by atoms with E-state index in [1.165, 1.54) is 0 Å². The number of imidazole rings is 1. The first-order chi connectivity index (χ1) is 8.38. The zero-order chi connectivity index (χ0) is 11.9. The van der Waals surface area contributed by atoms with Crippen LogP contribution in [0.15, 0.2) is 24.8 Å². The fraction of sp³-hybridized carbons (Fsp3) is 0.417. The third-order valence-corrected chi connectivity index (χ3v) is 2.54. The van der Waals surface area contributed by atoms with Crippen LogP contribution in [0.1, 0.15) is 24.9 Å². The topological polar surface area (TPSA) is 66.5 Å². The zero-order valence-electron chi connectivity index (χ0n) is 9.98. The van der Waals surface area contributed by atoms with E-state index in [2.05, 4.69) is 32.2 Å². The lowest BCUT2D eigenvalue weighted by atomic mass is 10.3. The van der Waals surface area contributed by atoms with Crippen LogP contribution in [0.25, 0.3) is 0 Å². The molecule has 17 heavy (non-hydrogen) atoms. The summed E-state index contributed by atoms with van der Waals surface area (Å²) < 4.78 is 0. The van der Waals surface area contributed by atoms with Gasteiger partial charge < -0.3 is 10.3 Å². The summed E-state index contributed by atoms with van der Waals surface area (Å²) in [5.74, 6) is 1.93. The molecule has 2 rings (SSSR count). The van der Waals surface area contributed by atoms with E-state index >= 15 is 0 Å². The summed E-state index contributed by atoms with van der Waals surface area (Å²) in [6.07, 6.45) is 8.14. The summed E-state index contributed by atoms with van der Waals surface area (Å²) >= 11 is 0.